The molecule has 0 spiro atoms. The SMILES string of the molecule is CCCCN(CCCC)CCCN1C(=O)C(O)=C(C(C)=O)[C@@H]1c1ccc(F)cc1. The molecule has 1 aliphatic heterocycles. The Hall–Kier alpha value is -2.21. The zero-order valence-electron chi connectivity index (χ0n) is 17.8. The molecule has 6 heteroatoms. The van der Waals surface area contributed by atoms with E-state index in [-0.39, 0.29) is 17.2 Å². The number of aliphatic hydroxyl groups excluding tert-OH is 1. The van der Waals surface area contributed by atoms with Crippen molar-refractivity contribution in [1.82, 2.24) is 9.80 Å². The van der Waals surface area contributed by atoms with Crippen molar-refractivity contribution in [2.24, 2.45) is 0 Å². The predicted octanol–water partition coefficient (Wildman–Crippen LogP) is 4.40. The van der Waals surface area contributed by atoms with Crippen LogP contribution in [0, 0.1) is 5.82 Å². The molecule has 0 unspecified atom stereocenters. The predicted molar refractivity (Wildman–Crippen MR) is 112 cm³/mol. The molecule has 0 bridgehead atoms. The fraction of sp³-hybridized carbons (Fsp3) is 0.565. The number of ketones is 1. The molecule has 0 saturated carbocycles. The van der Waals surface area contributed by atoms with Gasteiger partial charge in [-0.2, -0.15) is 0 Å². The molecule has 160 valence electrons. The summed E-state index contributed by atoms with van der Waals surface area (Å²) in [4.78, 5) is 28.8. The fourth-order valence-corrected chi connectivity index (χ4v) is 3.80. The molecule has 2 rings (SSSR count). The zero-order chi connectivity index (χ0) is 21.4. The molecule has 1 amide bonds. The summed E-state index contributed by atoms with van der Waals surface area (Å²) in [6.07, 6.45) is 5.30. The van der Waals surface area contributed by atoms with Crippen LogP contribution < -0.4 is 0 Å². The molecular formula is C23H33FN2O3. The first-order valence-electron chi connectivity index (χ1n) is 10.6. The van der Waals surface area contributed by atoms with E-state index in [1.807, 2.05) is 0 Å². The van der Waals surface area contributed by atoms with Crippen LogP contribution in [0.15, 0.2) is 35.6 Å². The molecule has 1 N–H and O–H groups in total. The van der Waals surface area contributed by atoms with Crippen LogP contribution in [0.1, 0.15) is 64.5 Å². The van der Waals surface area contributed by atoms with E-state index in [0.717, 1.165) is 51.7 Å². The van der Waals surface area contributed by atoms with Crippen LogP contribution in [0.2, 0.25) is 0 Å². The summed E-state index contributed by atoms with van der Waals surface area (Å²) in [5.41, 5.74) is 0.721. The van der Waals surface area contributed by atoms with Crippen molar-refractivity contribution in [3.8, 4) is 0 Å². The lowest BCUT2D eigenvalue weighted by Crippen LogP contribution is -2.35. The number of carbonyl (C=O) groups excluding carboxylic acids is 2. The number of unbranched alkanes of at least 4 members (excludes halogenated alkanes) is 2. The maximum Gasteiger partial charge on any atom is 0.290 e. The number of hydrogen-bond acceptors (Lipinski definition) is 4. The monoisotopic (exact) mass is 404 g/mol. The first-order chi connectivity index (χ1) is 13.9. The van der Waals surface area contributed by atoms with Crippen LogP contribution in [-0.4, -0.2) is 52.8 Å². The Labute approximate surface area is 173 Å². The lowest BCUT2D eigenvalue weighted by Gasteiger charge is -2.28. The number of carbonyl (C=O) groups is 2. The van der Waals surface area contributed by atoms with Gasteiger partial charge in [0.2, 0.25) is 0 Å². The number of halogens is 1. The van der Waals surface area contributed by atoms with Gasteiger partial charge in [0.25, 0.3) is 5.91 Å². The summed E-state index contributed by atoms with van der Waals surface area (Å²) >= 11 is 0. The third-order valence-electron chi connectivity index (χ3n) is 5.40. The number of hydrogen-bond donors (Lipinski definition) is 1. The normalized spacial score (nSPS) is 16.9. The van der Waals surface area contributed by atoms with Gasteiger partial charge in [-0.25, -0.2) is 4.39 Å². The average Bonchev–Trinajstić information content (AvgIpc) is 2.95. The van der Waals surface area contributed by atoms with E-state index in [4.69, 9.17) is 0 Å². The standard InChI is InChI=1S/C23H33FN2O3/c1-4-6-13-25(14-7-5-2)15-8-16-26-21(18-9-11-19(24)12-10-18)20(17(3)27)22(28)23(26)29/h9-12,21,28H,4-8,13-16H2,1-3H3/t21-/m0/s1. The third kappa shape index (κ3) is 5.89. The van der Waals surface area contributed by atoms with Gasteiger partial charge >= 0.3 is 0 Å². The second-order valence-electron chi connectivity index (χ2n) is 7.67. The Bertz CT molecular complexity index is 722. The maximum absolute atomic E-state index is 13.4. The van der Waals surface area contributed by atoms with Crippen LogP contribution in [0.25, 0.3) is 0 Å². The van der Waals surface area contributed by atoms with Crippen LogP contribution in [0.3, 0.4) is 0 Å². The molecule has 0 radical (unpaired) electrons. The smallest absolute Gasteiger partial charge is 0.290 e. The quantitative estimate of drug-likeness (QED) is 0.561. The molecule has 29 heavy (non-hydrogen) atoms. The molecule has 5 nitrogen and oxygen atoms in total. The number of aliphatic hydroxyl groups is 1. The first-order valence-corrected chi connectivity index (χ1v) is 10.6. The highest BCUT2D eigenvalue weighted by Gasteiger charge is 2.41. The lowest BCUT2D eigenvalue weighted by molar-refractivity contribution is -0.129. The number of benzene rings is 1. The first kappa shape index (κ1) is 23.1. The summed E-state index contributed by atoms with van der Waals surface area (Å²) in [7, 11) is 0. The summed E-state index contributed by atoms with van der Waals surface area (Å²) in [5.74, 6) is -1.75. The Balaban J connectivity index is 2.13. The van der Waals surface area contributed by atoms with E-state index in [1.165, 1.54) is 24.0 Å². The van der Waals surface area contributed by atoms with Crippen molar-refractivity contribution in [2.45, 2.75) is 58.9 Å². The zero-order valence-corrected chi connectivity index (χ0v) is 17.8. The Morgan fingerprint density at radius 1 is 1.07 bits per heavy atom. The van der Waals surface area contributed by atoms with Gasteiger partial charge in [-0.1, -0.05) is 38.8 Å². The van der Waals surface area contributed by atoms with E-state index >= 15 is 0 Å². The molecule has 0 fully saturated rings. The molecular weight excluding hydrogens is 371 g/mol. The highest BCUT2D eigenvalue weighted by atomic mass is 19.1. The van der Waals surface area contributed by atoms with Crippen LogP contribution in [0.4, 0.5) is 4.39 Å². The van der Waals surface area contributed by atoms with E-state index in [2.05, 4.69) is 18.7 Å². The van der Waals surface area contributed by atoms with Crippen LogP contribution in [0.5, 0.6) is 0 Å². The van der Waals surface area contributed by atoms with Crippen molar-refractivity contribution in [2.75, 3.05) is 26.2 Å². The number of nitrogens with zero attached hydrogens (tertiary/aromatic N) is 2. The van der Waals surface area contributed by atoms with E-state index in [9.17, 15) is 19.1 Å². The Morgan fingerprint density at radius 3 is 2.14 bits per heavy atom. The molecule has 1 aliphatic rings. The van der Waals surface area contributed by atoms with E-state index in [0.29, 0.717) is 12.1 Å². The van der Waals surface area contributed by atoms with E-state index < -0.39 is 17.7 Å². The van der Waals surface area contributed by atoms with Gasteiger partial charge in [0.1, 0.15) is 5.82 Å². The second kappa shape index (κ2) is 11.1. The minimum atomic E-state index is -0.666. The molecule has 1 heterocycles. The summed E-state index contributed by atoms with van der Waals surface area (Å²) in [5, 5.41) is 10.3. The molecule has 1 aromatic rings. The number of rotatable bonds is 12. The van der Waals surface area contributed by atoms with Crippen molar-refractivity contribution >= 4 is 11.7 Å². The highest BCUT2D eigenvalue weighted by molar-refractivity contribution is 6.08. The largest absolute Gasteiger partial charge is 0.503 e. The third-order valence-corrected chi connectivity index (χ3v) is 5.40. The number of Topliss-reactive ketones (excluding diaryl/α,β-unsaturated/α-hetero) is 1. The van der Waals surface area contributed by atoms with Crippen LogP contribution >= 0.6 is 0 Å². The molecule has 0 saturated heterocycles. The minimum absolute atomic E-state index is 0.0930. The Kier molecular flexibility index (Phi) is 8.83. The topological polar surface area (TPSA) is 60.9 Å². The average molecular weight is 405 g/mol. The summed E-state index contributed by atoms with van der Waals surface area (Å²) in [6.45, 7) is 9.04. The van der Waals surface area contributed by atoms with Crippen molar-refractivity contribution in [3.63, 3.8) is 0 Å². The maximum atomic E-state index is 13.4. The minimum Gasteiger partial charge on any atom is -0.503 e. The van der Waals surface area contributed by atoms with E-state index in [1.54, 1.807) is 12.1 Å². The molecule has 0 aliphatic carbocycles. The van der Waals surface area contributed by atoms with Gasteiger partial charge in [0, 0.05) is 6.54 Å². The molecule has 1 atom stereocenters. The van der Waals surface area contributed by atoms with Gasteiger partial charge < -0.3 is 14.9 Å². The van der Waals surface area contributed by atoms with Crippen molar-refractivity contribution < 1.29 is 19.1 Å². The summed E-state index contributed by atoms with van der Waals surface area (Å²) in [6, 6.07) is 5.08. The number of amides is 1. The van der Waals surface area contributed by atoms with Crippen molar-refractivity contribution in [3.05, 3.63) is 47.0 Å². The molecule has 0 aromatic heterocycles. The van der Waals surface area contributed by atoms with Gasteiger partial charge in [-0.05, 0) is 63.5 Å². The summed E-state index contributed by atoms with van der Waals surface area (Å²) < 4.78 is 13.4. The Morgan fingerprint density at radius 2 is 1.62 bits per heavy atom. The molecule has 1 aromatic carbocycles. The fourth-order valence-electron chi connectivity index (χ4n) is 3.80. The second-order valence-corrected chi connectivity index (χ2v) is 7.67. The van der Waals surface area contributed by atoms with Gasteiger partial charge in [0.15, 0.2) is 11.5 Å². The van der Waals surface area contributed by atoms with Crippen LogP contribution in [-0.2, 0) is 9.59 Å². The van der Waals surface area contributed by atoms with Gasteiger partial charge in [0.05, 0.1) is 11.6 Å². The van der Waals surface area contributed by atoms with Gasteiger partial charge in [-0.3, -0.25) is 9.59 Å². The highest BCUT2D eigenvalue weighted by Crippen LogP contribution is 2.37. The van der Waals surface area contributed by atoms with Gasteiger partial charge in [-0.15, -0.1) is 0 Å². The lowest BCUT2D eigenvalue weighted by atomic mass is 9.96. The van der Waals surface area contributed by atoms with Crippen molar-refractivity contribution in [1.29, 1.82) is 0 Å².